The van der Waals surface area contributed by atoms with Crippen molar-refractivity contribution in [2.45, 2.75) is 48.0 Å². The largest absolute Gasteiger partial charge is 0.303 e. The van der Waals surface area contributed by atoms with Gasteiger partial charge in [0.1, 0.15) is 6.29 Å². The van der Waals surface area contributed by atoms with E-state index < -0.39 is 0 Å². The smallest absolute Gasteiger partial charge is 0.123 e. The fraction of sp³-hybridized carbons (Fsp3) is 0.706. The van der Waals surface area contributed by atoms with E-state index in [9.17, 15) is 4.79 Å². The first-order valence-corrected chi connectivity index (χ1v) is 7.10. The van der Waals surface area contributed by atoms with E-state index in [4.69, 9.17) is 0 Å². The zero-order chi connectivity index (χ0) is 13.7. The lowest BCUT2D eigenvalue weighted by molar-refractivity contribution is -0.114. The van der Waals surface area contributed by atoms with E-state index in [0.717, 1.165) is 6.42 Å². The van der Waals surface area contributed by atoms with Crippen molar-refractivity contribution in [1.82, 2.24) is 0 Å². The van der Waals surface area contributed by atoms with Crippen molar-refractivity contribution in [3.8, 4) is 0 Å². The van der Waals surface area contributed by atoms with Crippen LogP contribution < -0.4 is 0 Å². The molecule has 0 saturated carbocycles. The van der Waals surface area contributed by atoms with Crippen molar-refractivity contribution in [3.63, 3.8) is 0 Å². The number of allylic oxidation sites excluding steroid dienone is 4. The summed E-state index contributed by atoms with van der Waals surface area (Å²) in [7, 11) is 0. The average Bonchev–Trinajstić information content (AvgIpc) is 2.24. The zero-order valence-electron chi connectivity index (χ0n) is 12.6. The van der Waals surface area contributed by atoms with E-state index in [2.05, 4.69) is 53.7 Å². The van der Waals surface area contributed by atoms with Gasteiger partial charge < -0.3 is 4.79 Å². The molecule has 0 aliphatic heterocycles. The summed E-state index contributed by atoms with van der Waals surface area (Å²) in [6.45, 7) is 13.6. The molecule has 0 bridgehead atoms. The molecule has 1 nitrogen and oxygen atoms in total. The predicted molar refractivity (Wildman–Crippen MR) is 76.2 cm³/mol. The number of aldehydes is 1. The van der Waals surface area contributed by atoms with Crippen LogP contribution in [0.25, 0.3) is 0 Å². The van der Waals surface area contributed by atoms with Crippen molar-refractivity contribution in [2.24, 2.45) is 28.6 Å². The van der Waals surface area contributed by atoms with E-state index in [1.807, 2.05) is 0 Å². The molecule has 0 saturated heterocycles. The van der Waals surface area contributed by atoms with Crippen molar-refractivity contribution >= 4 is 6.29 Å². The molecule has 0 amide bonds. The lowest BCUT2D eigenvalue weighted by Gasteiger charge is -2.48. The van der Waals surface area contributed by atoms with Gasteiger partial charge in [-0.05, 0) is 18.3 Å². The molecule has 0 aromatic carbocycles. The first-order chi connectivity index (χ1) is 8.20. The third kappa shape index (κ3) is 1.88. The number of hydrogen-bond donors (Lipinski definition) is 0. The highest BCUT2D eigenvalue weighted by molar-refractivity contribution is 5.58. The van der Waals surface area contributed by atoms with E-state index >= 15 is 0 Å². The molecule has 0 spiro atoms. The molecule has 0 fully saturated rings. The summed E-state index contributed by atoms with van der Waals surface area (Å²) < 4.78 is 0. The molecule has 2 aliphatic rings. The normalized spacial score (nSPS) is 37.3. The molecule has 18 heavy (non-hydrogen) atoms. The highest BCUT2D eigenvalue weighted by atomic mass is 16.1. The number of carbonyl (C=O) groups is 1. The highest BCUT2D eigenvalue weighted by Crippen LogP contribution is 2.54. The highest BCUT2D eigenvalue weighted by Gasteiger charge is 2.44. The molecule has 0 heterocycles. The van der Waals surface area contributed by atoms with Crippen molar-refractivity contribution in [1.29, 1.82) is 0 Å². The number of hydrogen-bond acceptors (Lipinski definition) is 1. The van der Waals surface area contributed by atoms with Gasteiger partial charge in [-0.15, -0.1) is 0 Å². The van der Waals surface area contributed by atoms with Gasteiger partial charge in [0.25, 0.3) is 0 Å². The molecule has 2 rings (SSSR count). The Kier molecular flexibility index (Phi) is 3.08. The van der Waals surface area contributed by atoms with Crippen LogP contribution in [0.15, 0.2) is 23.3 Å². The second-order valence-corrected chi connectivity index (χ2v) is 7.35. The Bertz CT molecular complexity index is 423. The fourth-order valence-electron chi connectivity index (χ4n) is 3.97. The predicted octanol–water partition coefficient (Wildman–Crippen LogP) is 4.40. The molecular weight excluding hydrogens is 220 g/mol. The Morgan fingerprint density at radius 1 is 1.11 bits per heavy atom. The summed E-state index contributed by atoms with van der Waals surface area (Å²) in [5.41, 5.74) is 3.35. The molecule has 3 unspecified atom stereocenters. The topological polar surface area (TPSA) is 17.1 Å². The summed E-state index contributed by atoms with van der Waals surface area (Å²) in [6, 6.07) is 0. The van der Waals surface area contributed by atoms with Gasteiger partial charge in [0.05, 0.1) is 0 Å². The Morgan fingerprint density at radius 3 is 2.22 bits per heavy atom. The molecule has 0 radical (unpaired) electrons. The van der Waals surface area contributed by atoms with Gasteiger partial charge in [-0.2, -0.15) is 0 Å². The van der Waals surface area contributed by atoms with Gasteiger partial charge in [0, 0.05) is 16.7 Å². The van der Waals surface area contributed by atoms with Crippen LogP contribution in [0.2, 0.25) is 0 Å². The maximum absolute atomic E-state index is 11.4. The first kappa shape index (κ1) is 13.6. The third-order valence-corrected chi connectivity index (χ3v) is 5.09. The second-order valence-electron chi connectivity index (χ2n) is 7.35. The van der Waals surface area contributed by atoms with Crippen LogP contribution in [0.1, 0.15) is 48.0 Å². The maximum atomic E-state index is 11.4. The summed E-state index contributed by atoms with van der Waals surface area (Å²) in [5.74, 6) is 1.03. The fourth-order valence-corrected chi connectivity index (χ4v) is 3.97. The molecule has 100 valence electrons. The van der Waals surface area contributed by atoms with Crippen LogP contribution in [-0.4, -0.2) is 6.29 Å². The Hall–Kier alpha value is -0.850. The Balaban J connectivity index is 2.57. The minimum absolute atomic E-state index is 0.103. The molecule has 1 heteroatoms. The van der Waals surface area contributed by atoms with Crippen molar-refractivity contribution < 1.29 is 4.79 Å². The van der Waals surface area contributed by atoms with Gasteiger partial charge in [-0.1, -0.05) is 64.8 Å². The zero-order valence-corrected chi connectivity index (χ0v) is 12.6. The summed E-state index contributed by atoms with van der Waals surface area (Å²) in [4.78, 5) is 11.4. The van der Waals surface area contributed by atoms with E-state index in [1.165, 1.54) is 11.9 Å². The average molecular weight is 246 g/mol. The molecule has 0 aromatic rings. The van der Waals surface area contributed by atoms with E-state index in [-0.39, 0.29) is 16.7 Å². The molecule has 0 aromatic heterocycles. The second kappa shape index (κ2) is 4.08. The van der Waals surface area contributed by atoms with Crippen LogP contribution in [0.5, 0.6) is 0 Å². The van der Waals surface area contributed by atoms with E-state index in [0.29, 0.717) is 11.8 Å². The standard InChI is InChI=1S/C17H26O/c1-11-9-14-15(12(2)13(11)10-18)17(5,6)8-7-16(14,3)4/h7-8,10-13H,9H2,1-6H3. The molecule has 0 N–H and O–H groups in total. The van der Waals surface area contributed by atoms with Gasteiger partial charge in [-0.3, -0.25) is 0 Å². The molecular formula is C17H26O. The van der Waals surface area contributed by atoms with Crippen molar-refractivity contribution in [3.05, 3.63) is 23.3 Å². The van der Waals surface area contributed by atoms with Gasteiger partial charge in [0.2, 0.25) is 0 Å². The van der Waals surface area contributed by atoms with Crippen LogP contribution in [0.4, 0.5) is 0 Å². The quantitative estimate of drug-likeness (QED) is 0.495. The SMILES string of the molecule is CC1CC2=C(C(C)C1C=O)C(C)(C)C=CC2(C)C. The summed E-state index contributed by atoms with van der Waals surface area (Å²) >= 11 is 0. The summed E-state index contributed by atoms with van der Waals surface area (Å²) in [6.07, 6.45) is 6.94. The molecule has 2 aliphatic carbocycles. The van der Waals surface area contributed by atoms with Gasteiger partial charge in [0.15, 0.2) is 0 Å². The van der Waals surface area contributed by atoms with Crippen LogP contribution in [0.3, 0.4) is 0 Å². The van der Waals surface area contributed by atoms with Gasteiger partial charge in [-0.25, -0.2) is 0 Å². The van der Waals surface area contributed by atoms with Crippen molar-refractivity contribution in [2.75, 3.05) is 0 Å². The van der Waals surface area contributed by atoms with Crippen LogP contribution >= 0.6 is 0 Å². The number of rotatable bonds is 1. The van der Waals surface area contributed by atoms with Crippen LogP contribution in [0, 0.1) is 28.6 Å². The van der Waals surface area contributed by atoms with E-state index in [1.54, 1.807) is 5.57 Å². The maximum Gasteiger partial charge on any atom is 0.123 e. The Labute approximate surface area is 111 Å². The Morgan fingerprint density at radius 2 is 1.67 bits per heavy atom. The van der Waals surface area contributed by atoms with Crippen LogP contribution in [-0.2, 0) is 4.79 Å². The molecule has 3 atom stereocenters. The lowest BCUT2D eigenvalue weighted by atomic mass is 9.56. The monoisotopic (exact) mass is 246 g/mol. The first-order valence-electron chi connectivity index (χ1n) is 7.10. The summed E-state index contributed by atoms with van der Waals surface area (Å²) in [5, 5.41) is 0. The lowest BCUT2D eigenvalue weighted by Crippen LogP contribution is -2.39. The third-order valence-electron chi connectivity index (χ3n) is 5.09. The number of carbonyl (C=O) groups excluding carboxylic acids is 1. The minimum Gasteiger partial charge on any atom is -0.303 e. The minimum atomic E-state index is 0.103. The van der Waals surface area contributed by atoms with Gasteiger partial charge >= 0.3 is 0 Å².